The number of nitrogens with zero attached hydrogens (tertiary/aromatic N) is 4. The van der Waals surface area contributed by atoms with E-state index < -0.39 is 0 Å². The van der Waals surface area contributed by atoms with Crippen LogP contribution in [0.1, 0.15) is 46.1 Å². The number of rotatable bonds is 2. The van der Waals surface area contributed by atoms with Crippen molar-refractivity contribution in [1.29, 1.82) is 0 Å². The SMILES string of the molecule is Cc1ccc(C)c(C2CCCN2C(=O)c2cnnn2C)c1. The molecule has 0 spiro atoms. The van der Waals surface area contributed by atoms with Crippen LogP contribution in [0.2, 0.25) is 0 Å². The summed E-state index contributed by atoms with van der Waals surface area (Å²) in [6.45, 7) is 5.00. The van der Waals surface area contributed by atoms with Crippen LogP contribution in [-0.4, -0.2) is 32.3 Å². The van der Waals surface area contributed by atoms with Crippen LogP contribution < -0.4 is 0 Å². The van der Waals surface area contributed by atoms with Gasteiger partial charge in [0, 0.05) is 13.6 Å². The summed E-state index contributed by atoms with van der Waals surface area (Å²) >= 11 is 0. The van der Waals surface area contributed by atoms with Gasteiger partial charge >= 0.3 is 0 Å². The molecule has 1 atom stereocenters. The van der Waals surface area contributed by atoms with Crippen molar-refractivity contribution in [3.63, 3.8) is 0 Å². The number of benzene rings is 1. The minimum atomic E-state index is 0.0194. The zero-order valence-corrected chi connectivity index (χ0v) is 12.7. The molecule has 1 saturated heterocycles. The molecule has 1 unspecified atom stereocenters. The Kier molecular flexibility index (Phi) is 3.49. The quantitative estimate of drug-likeness (QED) is 0.851. The number of carbonyl (C=O) groups excluding carboxylic acids is 1. The van der Waals surface area contributed by atoms with Gasteiger partial charge in [0.2, 0.25) is 0 Å². The number of likely N-dealkylation sites (tertiary alicyclic amines) is 1. The predicted molar refractivity (Wildman–Crippen MR) is 79.9 cm³/mol. The van der Waals surface area contributed by atoms with Gasteiger partial charge in [-0.3, -0.25) is 4.79 Å². The van der Waals surface area contributed by atoms with Crippen molar-refractivity contribution in [2.24, 2.45) is 7.05 Å². The van der Waals surface area contributed by atoms with Gasteiger partial charge in [-0.25, -0.2) is 4.68 Å². The second-order valence-corrected chi connectivity index (χ2v) is 5.76. The molecule has 3 rings (SSSR count). The largest absolute Gasteiger partial charge is 0.330 e. The van der Waals surface area contributed by atoms with Crippen molar-refractivity contribution >= 4 is 5.91 Å². The summed E-state index contributed by atoms with van der Waals surface area (Å²) in [5.74, 6) is 0.0194. The van der Waals surface area contributed by atoms with Crippen molar-refractivity contribution in [2.45, 2.75) is 32.7 Å². The molecular weight excluding hydrogens is 264 g/mol. The fourth-order valence-corrected chi connectivity index (χ4v) is 3.08. The summed E-state index contributed by atoms with van der Waals surface area (Å²) in [6.07, 6.45) is 3.59. The maximum Gasteiger partial charge on any atom is 0.274 e. The Morgan fingerprint density at radius 1 is 1.33 bits per heavy atom. The normalized spacial score (nSPS) is 18.2. The van der Waals surface area contributed by atoms with Crippen molar-refractivity contribution in [3.8, 4) is 0 Å². The lowest BCUT2D eigenvalue weighted by molar-refractivity contribution is 0.0724. The zero-order chi connectivity index (χ0) is 15.0. The minimum Gasteiger partial charge on any atom is -0.330 e. The minimum absolute atomic E-state index is 0.0194. The van der Waals surface area contributed by atoms with E-state index in [-0.39, 0.29) is 11.9 Å². The maximum atomic E-state index is 12.7. The molecule has 1 amide bonds. The lowest BCUT2D eigenvalue weighted by Crippen LogP contribution is -2.32. The second kappa shape index (κ2) is 5.31. The van der Waals surface area contributed by atoms with Crippen LogP contribution in [0.15, 0.2) is 24.4 Å². The van der Waals surface area contributed by atoms with E-state index in [4.69, 9.17) is 0 Å². The fourth-order valence-electron chi connectivity index (χ4n) is 3.08. The smallest absolute Gasteiger partial charge is 0.274 e. The molecule has 0 N–H and O–H groups in total. The number of aryl methyl sites for hydroxylation is 3. The fraction of sp³-hybridized carbons (Fsp3) is 0.438. The first-order valence-corrected chi connectivity index (χ1v) is 7.30. The Balaban J connectivity index is 1.94. The molecule has 5 heteroatoms. The molecule has 0 bridgehead atoms. The molecular formula is C16H20N4O. The molecule has 1 fully saturated rings. The van der Waals surface area contributed by atoms with Crippen LogP contribution in [0, 0.1) is 13.8 Å². The van der Waals surface area contributed by atoms with Crippen molar-refractivity contribution < 1.29 is 4.79 Å². The van der Waals surface area contributed by atoms with E-state index in [1.807, 2.05) is 4.90 Å². The summed E-state index contributed by atoms with van der Waals surface area (Å²) < 4.78 is 1.54. The Bertz CT molecular complexity index is 677. The van der Waals surface area contributed by atoms with E-state index in [0.29, 0.717) is 5.69 Å². The first kappa shape index (κ1) is 13.8. The number of aromatic nitrogens is 3. The highest BCUT2D eigenvalue weighted by molar-refractivity contribution is 5.92. The second-order valence-electron chi connectivity index (χ2n) is 5.76. The van der Waals surface area contributed by atoms with Gasteiger partial charge in [0.1, 0.15) is 5.69 Å². The zero-order valence-electron chi connectivity index (χ0n) is 12.7. The average molecular weight is 284 g/mol. The summed E-state index contributed by atoms with van der Waals surface area (Å²) in [5, 5.41) is 7.67. The molecule has 1 aromatic carbocycles. The van der Waals surface area contributed by atoms with Crippen LogP contribution in [-0.2, 0) is 7.05 Å². The lowest BCUT2D eigenvalue weighted by atomic mass is 9.97. The van der Waals surface area contributed by atoms with Crippen molar-refractivity contribution in [1.82, 2.24) is 19.9 Å². The third kappa shape index (κ3) is 2.44. The number of hydrogen-bond donors (Lipinski definition) is 0. The molecule has 2 heterocycles. The molecule has 0 radical (unpaired) electrons. The van der Waals surface area contributed by atoms with Gasteiger partial charge in [-0.1, -0.05) is 29.0 Å². The third-order valence-corrected chi connectivity index (χ3v) is 4.24. The van der Waals surface area contributed by atoms with E-state index >= 15 is 0 Å². The van der Waals surface area contributed by atoms with Gasteiger partial charge in [0.25, 0.3) is 5.91 Å². The molecule has 0 aliphatic carbocycles. The highest BCUT2D eigenvalue weighted by atomic mass is 16.2. The van der Waals surface area contributed by atoms with Gasteiger partial charge in [0.05, 0.1) is 12.2 Å². The van der Waals surface area contributed by atoms with Crippen LogP contribution >= 0.6 is 0 Å². The Morgan fingerprint density at radius 3 is 2.86 bits per heavy atom. The Morgan fingerprint density at radius 2 is 2.14 bits per heavy atom. The Hall–Kier alpha value is -2.17. The third-order valence-electron chi connectivity index (χ3n) is 4.24. The van der Waals surface area contributed by atoms with E-state index in [1.54, 1.807) is 17.9 Å². The molecule has 1 aliphatic rings. The molecule has 1 aliphatic heterocycles. The average Bonchev–Trinajstić information content (AvgIpc) is 3.09. The van der Waals surface area contributed by atoms with E-state index in [0.717, 1.165) is 19.4 Å². The number of carbonyl (C=O) groups is 1. The number of amides is 1. The van der Waals surface area contributed by atoms with Gasteiger partial charge in [-0.05, 0) is 37.8 Å². The molecule has 1 aromatic heterocycles. The highest BCUT2D eigenvalue weighted by Gasteiger charge is 2.32. The summed E-state index contributed by atoms with van der Waals surface area (Å²) in [4.78, 5) is 14.7. The van der Waals surface area contributed by atoms with Gasteiger partial charge in [0.15, 0.2) is 0 Å². The van der Waals surface area contributed by atoms with Gasteiger partial charge < -0.3 is 4.90 Å². The van der Waals surface area contributed by atoms with Gasteiger partial charge in [-0.15, -0.1) is 5.10 Å². The molecule has 110 valence electrons. The van der Waals surface area contributed by atoms with E-state index in [1.165, 1.54) is 16.7 Å². The number of hydrogen-bond acceptors (Lipinski definition) is 3. The monoisotopic (exact) mass is 284 g/mol. The van der Waals surface area contributed by atoms with E-state index in [9.17, 15) is 4.79 Å². The van der Waals surface area contributed by atoms with Crippen molar-refractivity contribution in [3.05, 3.63) is 46.8 Å². The molecule has 2 aromatic rings. The lowest BCUT2D eigenvalue weighted by Gasteiger charge is -2.26. The van der Waals surface area contributed by atoms with Crippen LogP contribution in [0.3, 0.4) is 0 Å². The van der Waals surface area contributed by atoms with Crippen LogP contribution in [0.5, 0.6) is 0 Å². The summed E-state index contributed by atoms with van der Waals surface area (Å²) in [7, 11) is 1.75. The topological polar surface area (TPSA) is 51.0 Å². The standard InChI is InChI=1S/C16H20N4O/c1-11-6-7-12(2)13(9-11)14-5-4-8-20(14)16(21)15-10-17-18-19(15)3/h6-7,9-10,14H,4-5,8H2,1-3H3. The molecule has 21 heavy (non-hydrogen) atoms. The first-order chi connectivity index (χ1) is 10.1. The van der Waals surface area contributed by atoms with Crippen LogP contribution in [0.25, 0.3) is 0 Å². The van der Waals surface area contributed by atoms with Crippen LogP contribution in [0.4, 0.5) is 0 Å². The predicted octanol–water partition coefficient (Wildman–Crippen LogP) is 2.41. The van der Waals surface area contributed by atoms with Crippen molar-refractivity contribution in [2.75, 3.05) is 6.54 Å². The van der Waals surface area contributed by atoms with Gasteiger partial charge in [-0.2, -0.15) is 0 Å². The Labute approximate surface area is 124 Å². The first-order valence-electron chi connectivity index (χ1n) is 7.30. The van der Waals surface area contributed by atoms with E-state index in [2.05, 4.69) is 42.4 Å². The molecule has 0 saturated carbocycles. The molecule has 5 nitrogen and oxygen atoms in total. The summed E-state index contributed by atoms with van der Waals surface area (Å²) in [5.41, 5.74) is 4.29. The highest BCUT2D eigenvalue weighted by Crippen LogP contribution is 2.35. The maximum absolute atomic E-state index is 12.7. The summed E-state index contributed by atoms with van der Waals surface area (Å²) in [6, 6.07) is 6.61.